The van der Waals surface area contributed by atoms with Crippen LogP contribution < -0.4 is 11.1 Å². The minimum atomic E-state index is -0.794. The van der Waals surface area contributed by atoms with Gasteiger partial charge in [0.05, 0.1) is 5.54 Å². The normalized spacial score (nSPS) is 13.3. The molecule has 6 heteroatoms. The third-order valence-electron chi connectivity index (χ3n) is 2.96. The molecule has 0 aliphatic heterocycles. The lowest BCUT2D eigenvalue weighted by Crippen LogP contribution is -2.55. The van der Waals surface area contributed by atoms with E-state index in [1.807, 2.05) is 30.3 Å². The van der Waals surface area contributed by atoms with Gasteiger partial charge in [0.15, 0.2) is 0 Å². The van der Waals surface area contributed by atoms with E-state index in [0.29, 0.717) is 25.9 Å². The van der Waals surface area contributed by atoms with Crippen LogP contribution in [-0.2, 0) is 11.2 Å². The summed E-state index contributed by atoms with van der Waals surface area (Å²) in [5.74, 6) is -0.389. The van der Waals surface area contributed by atoms with Crippen LogP contribution >= 0.6 is 0 Å². The van der Waals surface area contributed by atoms with Gasteiger partial charge in [-0.2, -0.15) is 0 Å². The smallest absolute Gasteiger partial charge is 0.237 e. The first kappa shape index (κ1) is 15.0. The molecule has 1 amide bonds. The Bertz CT molecular complexity index is 455. The summed E-state index contributed by atoms with van der Waals surface area (Å²) in [5.41, 5.74) is 13.9. The number of benzene rings is 1. The summed E-state index contributed by atoms with van der Waals surface area (Å²) >= 11 is 0. The Hall–Kier alpha value is -2.04. The highest BCUT2D eigenvalue weighted by Gasteiger charge is 2.30. The lowest BCUT2D eigenvalue weighted by atomic mass is 9.92. The highest BCUT2D eigenvalue weighted by molar-refractivity contribution is 5.84. The minimum Gasteiger partial charge on any atom is -0.368 e. The SMILES string of the molecule is CC(Cc1ccccc1)(NCCCN=[N+]=[N-])C(N)=O. The molecule has 1 unspecified atom stereocenters. The van der Waals surface area contributed by atoms with Crippen LogP contribution in [0.15, 0.2) is 35.4 Å². The summed E-state index contributed by atoms with van der Waals surface area (Å²) in [6.07, 6.45) is 1.20. The number of nitrogens with one attached hydrogen (secondary N) is 1. The number of hydrogen-bond acceptors (Lipinski definition) is 3. The molecule has 6 nitrogen and oxygen atoms in total. The van der Waals surface area contributed by atoms with Gasteiger partial charge in [0.1, 0.15) is 0 Å². The molecule has 0 spiro atoms. The van der Waals surface area contributed by atoms with Crippen LogP contribution in [0.4, 0.5) is 0 Å². The van der Waals surface area contributed by atoms with Gasteiger partial charge in [-0.15, -0.1) is 0 Å². The summed E-state index contributed by atoms with van der Waals surface area (Å²) in [4.78, 5) is 14.3. The average molecular weight is 261 g/mol. The van der Waals surface area contributed by atoms with Gasteiger partial charge in [0.2, 0.25) is 5.91 Å². The lowest BCUT2D eigenvalue weighted by molar-refractivity contribution is -0.123. The number of carbonyl (C=O) groups is 1. The predicted molar refractivity (Wildman–Crippen MR) is 74.4 cm³/mol. The zero-order chi connectivity index (χ0) is 14.1. The van der Waals surface area contributed by atoms with Crippen molar-refractivity contribution in [1.29, 1.82) is 0 Å². The highest BCUT2D eigenvalue weighted by atomic mass is 16.1. The number of nitrogens with two attached hydrogens (primary N) is 1. The Morgan fingerprint density at radius 1 is 1.47 bits per heavy atom. The number of nitrogens with zero attached hydrogens (tertiary/aromatic N) is 3. The maximum Gasteiger partial charge on any atom is 0.237 e. The first-order valence-corrected chi connectivity index (χ1v) is 6.18. The van der Waals surface area contributed by atoms with Crippen molar-refractivity contribution in [2.24, 2.45) is 10.8 Å². The molecule has 102 valence electrons. The molecule has 0 aliphatic carbocycles. The fourth-order valence-corrected chi connectivity index (χ4v) is 1.80. The van der Waals surface area contributed by atoms with E-state index >= 15 is 0 Å². The van der Waals surface area contributed by atoms with E-state index < -0.39 is 5.54 Å². The Kier molecular flexibility index (Phi) is 5.85. The van der Waals surface area contributed by atoms with Crippen LogP contribution in [0.5, 0.6) is 0 Å². The quantitative estimate of drug-likeness (QED) is 0.322. The van der Waals surface area contributed by atoms with Gasteiger partial charge in [-0.3, -0.25) is 4.79 Å². The summed E-state index contributed by atoms with van der Waals surface area (Å²) < 4.78 is 0. The van der Waals surface area contributed by atoms with E-state index in [9.17, 15) is 4.79 Å². The van der Waals surface area contributed by atoms with Crippen LogP contribution in [-0.4, -0.2) is 24.5 Å². The second-order valence-corrected chi connectivity index (χ2v) is 4.59. The molecule has 0 bridgehead atoms. The highest BCUT2D eigenvalue weighted by Crippen LogP contribution is 2.13. The minimum absolute atomic E-state index is 0.389. The summed E-state index contributed by atoms with van der Waals surface area (Å²) in [5, 5.41) is 6.59. The van der Waals surface area contributed by atoms with Gasteiger partial charge in [-0.05, 0) is 37.4 Å². The molecule has 0 aromatic heterocycles. The van der Waals surface area contributed by atoms with Crippen molar-refractivity contribution >= 4 is 5.91 Å². The molecule has 0 saturated carbocycles. The maximum absolute atomic E-state index is 11.6. The van der Waals surface area contributed by atoms with E-state index in [2.05, 4.69) is 15.3 Å². The molecular weight excluding hydrogens is 242 g/mol. The molecule has 0 heterocycles. The fraction of sp³-hybridized carbons (Fsp3) is 0.462. The zero-order valence-electron chi connectivity index (χ0n) is 11.0. The van der Waals surface area contributed by atoms with Gasteiger partial charge in [0.25, 0.3) is 0 Å². The largest absolute Gasteiger partial charge is 0.368 e. The van der Waals surface area contributed by atoms with Gasteiger partial charge < -0.3 is 11.1 Å². The van der Waals surface area contributed by atoms with Crippen LogP contribution in [0.3, 0.4) is 0 Å². The van der Waals surface area contributed by atoms with Crippen molar-refractivity contribution < 1.29 is 4.79 Å². The van der Waals surface area contributed by atoms with Crippen LogP contribution in [0.1, 0.15) is 18.9 Å². The number of hydrogen-bond donors (Lipinski definition) is 2. The van der Waals surface area contributed by atoms with E-state index in [0.717, 1.165) is 5.56 Å². The van der Waals surface area contributed by atoms with E-state index in [-0.39, 0.29) is 5.91 Å². The second kappa shape index (κ2) is 7.41. The third-order valence-corrected chi connectivity index (χ3v) is 2.96. The summed E-state index contributed by atoms with van der Waals surface area (Å²) in [6.45, 7) is 2.77. The van der Waals surface area contributed by atoms with Gasteiger partial charge in [-0.1, -0.05) is 35.4 Å². The van der Waals surface area contributed by atoms with E-state index in [1.54, 1.807) is 6.92 Å². The van der Waals surface area contributed by atoms with Crippen LogP contribution in [0.25, 0.3) is 10.4 Å². The van der Waals surface area contributed by atoms with Crippen molar-refractivity contribution in [2.75, 3.05) is 13.1 Å². The van der Waals surface area contributed by atoms with Crippen molar-refractivity contribution in [3.8, 4) is 0 Å². The zero-order valence-corrected chi connectivity index (χ0v) is 11.0. The van der Waals surface area contributed by atoms with E-state index in [4.69, 9.17) is 11.3 Å². The number of azide groups is 1. The standard InChI is InChI=1S/C13H19N5O/c1-13(12(14)19,16-8-5-9-17-18-15)10-11-6-3-2-4-7-11/h2-4,6-7,16H,5,8-10H2,1H3,(H2,14,19). The predicted octanol–water partition coefficient (Wildman–Crippen LogP) is 1.76. The molecule has 1 aromatic rings. The molecule has 1 rings (SSSR count). The number of carbonyl (C=O) groups excluding carboxylic acids is 1. The van der Waals surface area contributed by atoms with Gasteiger partial charge in [0, 0.05) is 11.5 Å². The Morgan fingerprint density at radius 3 is 2.74 bits per heavy atom. The summed E-state index contributed by atoms with van der Waals surface area (Å²) in [6, 6.07) is 9.71. The van der Waals surface area contributed by atoms with Crippen molar-refractivity contribution in [2.45, 2.75) is 25.3 Å². The molecule has 0 radical (unpaired) electrons. The Balaban J connectivity index is 2.59. The molecule has 1 aromatic carbocycles. The van der Waals surface area contributed by atoms with Gasteiger partial charge >= 0.3 is 0 Å². The Labute approximate surface area is 112 Å². The first-order valence-electron chi connectivity index (χ1n) is 6.18. The Morgan fingerprint density at radius 2 is 2.16 bits per heavy atom. The maximum atomic E-state index is 11.6. The monoisotopic (exact) mass is 261 g/mol. The molecule has 3 N–H and O–H groups in total. The molecule has 19 heavy (non-hydrogen) atoms. The average Bonchev–Trinajstić information content (AvgIpc) is 2.39. The van der Waals surface area contributed by atoms with Crippen molar-refractivity contribution in [1.82, 2.24) is 5.32 Å². The lowest BCUT2D eigenvalue weighted by Gasteiger charge is -2.27. The number of amides is 1. The molecule has 1 atom stereocenters. The first-order chi connectivity index (χ1) is 9.08. The van der Waals surface area contributed by atoms with Crippen molar-refractivity contribution in [3.05, 3.63) is 46.3 Å². The number of primary amides is 1. The molecule has 0 saturated heterocycles. The molecule has 0 aliphatic rings. The van der Waals surface area contributed by atoms with Crippen molar-refractivity contribution in [3.63, 3.8) is 0 Å². The topological polar surface area (TPSA) is 104 Å². The molecule has 0 fully saturated rings. The summed E-state index contributed by atoms with van der Waals surface area (Å²) in [7, 11) is 0. The van der Waals surface area contributed by atoms with Gasteiger partial charge in [-0.25, -0.2) is 0 Å². The number of rotatable bonds is 8. The molecular formula is C13H19N5O. The fourth-order valence-electron chi connectivity index (χ4n) is 1.80. The van der Waals surface area contributed by atoms with E-state index in [1.165, 1.54) is 0 Å². The van der Waals surface area contributed by atoms with Crippen LogP contribution in [0, 0.1) is 0 Å². The third kappa shape index (κ3) is 4.99. The van der Waals surface area contributed by atoms with Crippen LogP contribution in [0.2, 0.25) is 0 Å². The second-order valence-electron chi connectivity index (χ2n) is 4.59.